The Morgan fingerprint density at radius 2 is 1.04 bits per heavy atom. The minimum absolute atomic E-state index is 0.568. The molecule has 4 rings (SSSR count). The highest BCUT2D eigenvalue weighted by molar-refractivity contribution is 5.39. The average molecular weight is 314 g/mol. The van der Waals surface area contributed by atoms with Gasteiger partial charge in [0.05, 0.1) is 13.2 Å². The first-order valence-electron chi connectivity index (χ1n) is 8.65. The van der Waals surface area contributed by atoms with Crippen LogP contribution in [0.15, 0.2) is 91.0 Å². The Balaban J connectivity index is 1.46. The predicted molar refractivity (Wildman–Crippen MR) is 98.0 cm³/mol. The molecule has 1 fully saturated rings. The van der Waals surface area contributed by atoms with Gasteiger partial charge in [0, 0.05) is 0 Å². The van der Waals surface area contributed by atoms with Crippen molar-refractivity contribution in [2.45, 2.75) is 18.4 Å². The van der Waals surface area contributed by atoms with Gasteiger partial charge in [-0.3, -0.25) is 0 Å². The molecule has 1 aliphatic rings. The van der Waals surface area contributed by atoms with E-state index in [1.54, 1.807) is 0 Å². The summed E-state index contributed by atoms with van der Waals surface area (Å²) in [5.41, 5.74) is 4.10. The molecule has 0 heterocycles. The fourth-order valence-corrected chi connectivity index (χ4v) is 3.73. The first-order valence-corrected chi connectivity index (χ1v) is 8.65. The van der Waals surface area contributed by atoms with Crippen molar-refractivity contribution in [3.63, 3.8) is 0 Å². The van der Waals surface area contributed by atoms with Gasteiger partial charge in [-0.2, -0.15) is 0 Å². The molecule has 24 heavy (non-hydrogen) atoms. The molecule has 0 N–H and O–H groups in total. The van der Waals surface area contributed by atoms with Crippen molar-refractivity contribution in [2.24, 2.45) is 5.92 Å². The minimum Gasteiger partial charge on any atom is -0.376 e. The molecule has 3 aromatic carbocycles. The molecular formula is C23H22O. The summed E-state index contributed by atoms with van der Waals surface area (Å²) in [5.74, 6) is 1.72. The van der Waals surface area contributed by atoms with Crippen LogP contribution in [0, 0.1) is 5.92 Å². The number of hydrogen-bond donors (Lipinski definition) is 0. The van der Waals surface area contributed by atoms with Crippen LogP contribution in [0.1, 0.15) is 28.5 Å². The maximum Gasteiger partial charge on any atom is 0.0717 e. The molecule has 1 unspecified atom stereocenters. The zero-order valence-corrected chi connectivity index (χ0v) is 13.7. The lowest BCUT2D eigenvalue weighted by Gasteiger charge is -2.04. The molecule has 0 aliphatic heterocycles. The number of ether oxygens (including phenoxy) is 1. The van der Waals surface area contributed by atoms with Gasteiger partial charge < -0.3 is 4.74 Å². The van der Waals surface area contributed by atoms with E-state index in [0.717, 1.165) is 6.61 Å². The largest absolute Gasteiger partial charge is 0.376 e. The van der Waals surface area contributed by atoms with E-state index in [4.69, 9.17) is 4.74 Å². The fraction of sp³-hybridized carbons (Fsp3) is 0.217. The first kappa shape index (κ1) is 15.2. The van der Waals surface area contributed by atoms with Crippen LogP contribution < -0.4 is 0 Å². The maximum atomic E-state index is 6.05. The van der Waals surface area contributed by atoms with Crippen LogP contribution in [0.25, 0.3) is 0 Å². The fourth-order valence-electron chi connectivity index (χ4n) is 3.73. The van der Waals surface area contributed by atoms with E-state index in [9.17, 15) is 0 Å². The Hall–Kier alpha value is -2.38. The molecule has 0 radical (unpaired) electrons. The Bertz CT molecular complexity index is 706. The van der Waals surface area contributed by atoms with Gasteiger partial charge in [-0.1, -0.05) is 91.0 Å². The van der Waals surface area contributed by atoms with Gasteiger partial charge >= 0.3 is 0 Å². The zero-order valence-electron chi connectivity index (χ0n) is 13.7. The lowest BCUT2D eigenvalue weighted by atomic mass is 10.0. The molecule has 1 nitrogen and oxygen atoms in total. The zero-order chi connectivity index (χ0) is 16.2. The summed E-state index contributed by atoms with van der Waals surface area (Å²) >= 11 is 0. The third-order valence-corrected chi connectivity index (χ3v) is 4.96. The smallest absolute Gasteiger partial charge is 0.0717 e. The lowest BCUT2D eigenvalue weighted by Crippen LogP contribution is -1.99. The van der Waals surface area contributed by atoms with Gasteiger partial charge in [0.2, 0.25) is 0 Å². The monoisotopic (exact) mass is 314 g/mol. The molecular weight excluding hydrogens is 292 g/mol. The van der Waals surface area contributed by atoms with Gasteiger partial charge in [0.25, 0.3) is 0 Å². The first-order chi connectivity index (χ1) is 11.9. The van der Waals surface area contributed by atoms with Gasteiger partial charge in [-0.25, -0.2) is 0 Å². The molecule has 3 aromatic rings. The lowest BCUT2D eigenvalue weighted by molar-refractivity contribution is 0.109. The highest BCUT2D eigenvalue weighted by Gasteiger charge is 2.51. The molecule has 0 aromatic heterocycles. The molecule has 120 valence electrons. The van der Waals surface area contributed by atoms with Crippen LogP contribution in [0.3, 0.4) is 0 Å². The minimum atomic E-state index is 0.568. The third kappa shape index (κ3) is 3.27. The van der Waals surface area contributed by atoms with Crippen LogP contribution in [-0.2, 0) is 11.3 Å². The Kier molecular flexibility index (Phi) is 4.44. The molecule has 0 amide bonds. The summed E-state index contributed by atoms with van der Waals surface area (Å²) < 4.78 is 6.05. The van der Waals surface area contributed by atoms with Crippen LogP contribution in [-0.4, -0.2) is 6.61 Å². The van der Waals surface area contributed by atoms with E-state index >= 15 is 0 Å². The van der Waals surface area contributed by atoms with Crippen LogP contribution in [0.4, 0.5) is 0 Å². The standard InChI is InChI=1S/C23H22O/c1-4-10-18(11-5-1)16-24-17-21-22(19-12-6-2-7-13-19)23(21)20-14-8-3-9-15-20/h1-15,21-23H,16-17H2/t21?,22-,23+. The molecule has 1 saturated carbocycles. The van der Waals surface area contributed by atoms with Crippen molar-refractivity contribution >= 4 is 0 Å². The van der Waals surface area contributed by atoms with Gasteiger partial charge in [0.15, 0.2) is 0 Å². The second kappa shape index (κ2) is 7.02. The van der Waals surface area contributed by atoms with E-state index in [1.807, 2.05) is 6.07 Å². The van der Waals surface area contributed by atoms with Crippen molar-refractivity contribution in [3.05, 3.63) is 108 Å². The molecule has 1 aliphatic carbocycles. The quantitative estimate of drug-likeness (QED) is 0.592. The second-order valence-corrected chi connectivity index (χ2v) is 6.54. The maximum absolute atomic E-state index is 6.05. The predicted octanol–water partition coefficient (Wildman–Crippen LogP) is 5.40. The summed E-state index contributed by atoms with van der Waals surface area (Å²) in [6.07, 6.45) is 0. The summed E-state index contributed by atoms with van der Waals surface area (Å²) in [5, 5.41) is 0. The SMILES string of the molecule is c1ccc(COCC2[C@@H](c3ccccc3)[C@H]2c2ccccc2)cc1. The highest BCUT2D eigenvalue weighted by atomic mass is 16.5. The van der Waals surface area contributed by atoms with Crippen LogP contribution >= 0.6 is 0 Å². The van der Waals surface area contributed by atoms with Gasteiger partial charge in [0.1, 0.15) is 0 Å². The number of rotatable bonds is 6. The van der Waals surface area contributed by atoms with E-state index in [0.29, 0.717) is 24.4 Å². The van der Waals surface area contributed by atoms with E-state index < -0.39 is 0 Å². The topological polar surface area (TPSA) is 9.23 Å². The molecule has 0 saturated heterocycles. The van der Waals surface area contributed by atoms with Crippen molar-refractivity contribution < 1.29 is 4.74 Å². The summed E-state index contributed by atoms with van der Waals surface area (Å²) in [6.45, 7) is 1.51. The Morgan fingerprint density at radius 1 is 0.583 bits per heavy atom. The van der Waals surface area contributed by atoms with Crippen LogP contribution in [0.2, 0.25) is 0 Å². The van der Waals surface area contributed by atoms with Crippen molar-refractivity contribution in [1.29, 1.82) is 0 Å². The van der Waals surface area contributed by atoms with E-state index in [-0.39, 0.29) is 0 Å². The summed E-state index contributed by atoms with van der Waals surface area (Å²) in [7, 11) is 0. The summed E-state index contributed by atoms with van der Waals surface area (Å²) in [6, 6.07) is 32.1. The van der Waals surface area contributed by atoms with Crippen molar-refractivity contribution in [2.75, 3.05) is 6.61 Å². The molecule has 0 bridgehead atoms. The van der Waals surface area contributed by atoms with Gasteiger partial charge in [-0.05, 0) is 34.4 Å². The Labute approximate surface area is 143 Å². The molecule has 0 spiro atoms. The van der Waals surface area contributed by atoms with Gasteiger partial charge in [-0.15, -0.1) is 0 Å². The normalized spacial score (nSPS) is 22.2. The number of benzene rings is 3. The number of hydrogen-bond acceptors (Lipinski definition) is 1. The highest BCUT2D eigenvalue weighted by Crippen LogP contribution is 2.60. The average Bonchev–Trinajstić information content (AvgIpc) is 3.38. The third-order valence-electron chi connectivity index (χ3n) is 4.96. The van der Waals surface area contributed by atoms with E-state index in [1.165, 1.54) is 16.7 Å². The van der Waals surface area contributed by atoms with E-state index in [2.05, 4.69) is 84.9 Å². The molecule has 3 atom stereocenters. The second-order valence-electron chi connectivity index (χ2n) is 6.54. The Morgan fingerprint density at radius 3 is 1.54 bits per heavy atom. The van der Waals surface area contributed by atoms with Crippen molar-refractivity contribution in [1.82, 2.24) is 0 Å². The van der Waals surface area contributed by atoms with Crippen LogP contribution in [0.5, 0.6) is 0 Å². The summed E-state index contributed by atoms with van der Waals surface area (Å²) in [4.78, 5) is 0. The van der Waals surface area contributed by atoms with Crippen molar-refractivity contribution in [3.8, 4) is 0 Å². The molecule has 1 heteroatoms.